The van der Waals surface area contributed by atoms with Crippen LogP contribution in [0.3, 0.4) is 0 Å². The highest BCUT2D eigenvalue weighted by Gasteiger charge is 2.14. The van der Waals surface area contributed by atoms with Crippen LogP contribution in [0.25, 0.3) is 0 Å². The molecule has 1 unspecified atom stereocenters. The molecule has 2 rings (SSSR count). The zero-order chi connectivity index (χ0) is 15.1. The van der Waals surface area contributed by atoms with Crippen molar-refractivity contribution >= 4 is 0 Å². The van der Waals surface area contributed by atoms with Crippen molar-refractivity contribution in [1.82, 2.24) is 0 Å². The van der Waals surface area contributed by atoms with E-state index in [1.165, 1.54) is 0 Å². The van der Waals surface area contributed by atoms with E-state index in [-0.39, 0.29) is 12.7 Å². The van der Waals surface area contributed by atoms with Crippen molar-refractivity contribution in [2.45, 2.75) is 32.5 Å². The van der Waals surface area contributed by atoms with E-state index in [2.05, 4.69) is 0 Å². The van der Waals surface area contributed by atoms with Gasteiger partial charge in [0.25, 0.3) is 0 Å². The van der Waals surface area contributed by atoms with Gasteiger partial charge in [-0.1, -0.05) is 6.07 Å². The summed E-state index contributed by atoms with van der Waals surface area (Å²) in [4.78, 5) is 0. The molecule has 0 fully saturated rings. The summed E-state index contributed by atoms with van der Waals surface area (Å²) in [6.45, 7) is 6.50. The van der Waals surface area contributed by atoms with Gasteiger partial charge in [-0.05, 0) is 31.5 Å². The number of hydrogen-bond donors (Lipinski definition) is 1. The van der Waals surface area contributed by atoms with Gasteiger partial charge in [0.05, 0.1) is 39.1 Å². The minimum absolute atomic E-state index is 0.195. The molecule has 0 saturated heterocycles. The van der Waals surface area contributed by atoms with Crippen LogP contribution in [0.15, 0.2) is 18.2 Å². The summed E-state index contributed by atoms with van der Waals surface area (Å²) < 4.78 is 22.0. The molecule has 1 aromatic rings. The van der Waals surface area contributed by atoms with Crippen LogP contribution in [-0.4, -0.2) is 44.2 Å². The second-order valence-electron chi connectivity index (χ2n) is 5.27. The summed E-state index contributed by atoms with van der Waals surface area (Å²) in [5.74, 6) is 1.42. The fraction of sp³-hybridized carbons (Fsp3) is 0.625. The van der Waals surface area contributed by atoms with E-state index < -0.39 is 6.10 Å². The Morgan fingerprint density at radius 2 is 1.90 bits per heavy atom. The molecule has 0 bridgehead atoms. The lowest BCUT2D eigenvalue weighted by molar-refractivity contribution is -0.0111. The molecule has 1 N–H and O–H groups in total. The summed E-state index contributed by atoms with van der Waals surface area (Å²) in [6, 6.07) is 5.49. The van der Waals surface area contributed by atoms with Crippen molar-refractivity contribution in [2.75, 3.05) is 33.0 Å². The molecule has 1 aromatic carbocycles. The Hall–Kier alpha value is -1.30. The molecule has 1 aliphatic rings. The van der Waals surface area contributed by atoms with E-state index >= 15 is 0 Å². The smallest absolute Gasteiger partial charge is 0.161 e. The summed E-state index contributed by atoms with van der Waals surface area (Å²) in [6.07, 6.45) is 0.382. The van der Waals surface area contributed by atoms with Crippen LogP contribution in [0, 0.1) is 0 Å². The summed E-state index contributed by atoms with van der Waals surface area (Å²) in [7, 11) is 0. The highest BCUT2D eigenvalue weighted by molar-refractivity contribution is 5.44. The van der Waals surface area contributed by atoms with E-state index in [9.17, 15) is 5.11 Å². The fourth-order valence-electron chi connectivity index (χ4n) is 2.02. The van der Waals surface area contributed by atoms with Crippen LogP contribution in [0.4, 0.5) is 0 Å². The molecule has 21 heavy (non-hydrogen) atoms. The summed E-state index contributed by atoms with van der Waals surface area (Å²) >= 11 is 0. The average molecular weight is 296 g/mol. The van der Waals surface area contributed by atoms with Gasteiger partial charge in [-0.25, -0.2) is 0 Å². The number of aliphatic hydroxyl groups excluding tert-OH is 1. The van der Waals surface area contributed by atoms with Crippen molar-refractivity contribution in [3.8, 4) is 11.5 Å². The maximum Gasteiger partial charge on any atom is 0.161 e. The maximum absolute atomic E-state index is 10.1. The van der Waals surface area contributed by atoms with Crippen molar-refractivity contribution < 1.29 is 24.1 Å². The van der Waals surface area contributed by atoms with Crippen LogP contribution in [-0.2, 0) is 9.47 Å². The van der Waals surface area contributed by atoms with Gasteiger partial charge in [-0.2, -0.15) is 0 Å². The van der Waals surface area contributed by atoms with E-state index in [0.29, 0.717) is 32.2 Å². The third-order valence-electron chi connectivity index (χ3n) is 3.11. The lowest BCUT2D eigenvalue weighted by Crippen LogP contribution is -2.13. The Morgan fingerprint density at radius 1 is 1.14 bits per heavy atom. The third-order valence-corrected chi connectivity index (χ3v) is 3.11. The lowest BCUT2D eigenvalue weighted by atomic mass is 10.1. The molecule has 1 heterocycles. The number of ether oxygens (including phenoxy) is 4. The first-order chi connectivity index (χ1) is 10.2. The predicted octanol–water partition coefficient (Wildman–Crippen LogP) is 2.32. The minimum atomic E-state index is -0.679. The molecule has 0 aliphatic carbocycles. The van der Waals surface area contributed by atoms with Gasteiger partial charge >= 0.3 is 0 Å². The number of fused-ring (bicyclic) bond motifs is 1. The number of benzene rings is 1. The first-order valence-corrected chi connectivity index (χ1v) is 7.44. The van der Waals surface area contributed by atoms with Crippen molar-refractivity contribution in [3.05, 3.63) is 23.8 Å². The molecule has 5 nitrogen and oxygen atoms in total. The van der Waals surface area contributed by atoms with E-state index in [0.717, 1.165) is 17.7 Å². The molecule has 1 aliphatic heterocycles. The third kappa shape index (κ3) is 5.19. The summed E-state index contributed by atoms with van der Waals surface area (Å²) in [5, 5.41) is 10.1. The Morgan fingerprint density at radius 3 is 2.67 bits per heavy atom. The molecule has 1 atom stereocenters. The zero-order valence-electron chi connectivity index (χ0n) is 12.7. The van der Waals surface area contributed by atoms with Crippen molar-refractivity contribution in [2.24, 2.45) is 0 Å². The van der Waals surface area contributed by atoms with Gasteiger partial charge in [0.2, 0.25) is 0 Å². The Kier molecular flexibility index (Phi) is 6.29. The van der Waals surface area contributed by atoms with Crippen LogP contribution in [0.2, 0.25) is 0 Å². The van der Waals surface area contributed by atoms with E-state index in [1.54, 1.807) is 0 Å². The molecule has 0 saturated carbocycles. The minimum Gasteiger partial charge on any atom is -0.490 e. The van der Waals surface area contributed by atoms with Gasteiger partial charge in [0.1, 0.15) is 6.10 Å². The topological polar surface area (TPSA) is 57.2 Å². The molecule has 0 amide bonds. The number of hydrogen-bond acceptors (Lipinski definition) is 5. The monoisotopic (exact) mass is 296 g/mol. The number of aliphatic hydroxyl groups is 1. The van der Waals surface area contributed by atoms with Gasteiger partial charge in [-0.3, -0.25) is 0 Å². The molecule has 0 aromatic heterocycles. The Bertz CT molecular complexity index is 433. The highest BCUT2D eigenvalue weighted by atomic mass is 16.5. The first-order valence-electron chi connectivity index (χ1n) is 7.44. The van der Waals surface area contributed by atoms with Crippen molar-refractivity contribution in [1.29, 1.82) is 0 Å². The predicted molar refractivity (Wildman–Crippen MR) is 78.9 cm³/mol. The first kappa shape index (κ1) is 16.1. The lowest BCUT2D eigenvalue weighted by Gasteiger charge is -2.15. The summed E-state index contributed by atoms with van der Waals surface area (Å²) in [5.41, 5.74) is 0.768. The van der Waals surface area contributed by atoms with Crippen LogP contribution in [0.5, 0.6) is 11.5 Å². The van der Waals surface area contributed by atoms with E-state index in [1.807, 2.05) is 32.0 Å². The maximum atomic E-state index is 10.1. The zero-order valence-corrected chi connectivity index (χ0v) is 12.7. The van der Waals surface area contributed by atoms with Gasteiger partial charge in [-0.15, -0.1) is 0 Å². The molecule has 0 spiro atoms. The molecule has 0 radical (unpaired) electrons. The second-order valence-corrected chi connectivity index (χ2v) is 5.27. The highest BCUT2D eigenvalue weighted by Crippen LogP contribution is 2.32. The Balaban J connectivity index is 1.82. The molecule has 118 valence electrons. The normalized spacial score (nSPS) is 15.8. The number of rotatable bonds is 7. The van der Waals surface area contributed by atoms with Gasteiger partial charge < -0.3 is 24.1 Å². The van der Waals surface area contributed by atoms with Crippen LogP contribution in [0.1, 0.15) is 31.9 Å². The SMILES string of the molecule is CC(C)OCCOCC(O)c1ccc2c(c1)OCCCO2. The fourth-order valence-corrected chi connectivity index (χ4v) is 2.02. The Labute approximate surface area is 125 Å². The van der Waals surface area contributed by atoms with Crippen molar-refractivity contribution in [3.63, 3.8) is 0 Å². The quantitative estimate of drug-likeness (QED) is 0.783. The van der Waals surface area contributed by atoms with Crippen LogP contribution >= 0.6 is 0 Å². The average Bonchev–Trinajstić information content (AvgIpc) is 2.70. The standard InChI is InChI=1S/C16H24O5/c1-12(2)19-9-8-18-11-14(17)13-4-5-15-16(10-13)21-7-3-6-20-15/h4-5,10,12,14,17H,3,6-9,11H2,1-2H3. The largest absolute Gasteiger partial charge is 0.490 e. The molecule has 5 heteroatoms. The molecular formula is C16H24O5. The molecular weight excluding hydrogens is 272 g/mol. The van der Waals surface area contributed by atoms with Gasteiger partial charge in [0, 0.05) is 6.42 Å². The van der Waals surface area contributed by atoms with Gasteiger partial charge in [0.15, 0.2) is 11.5 Å². The second kappa shape index (κ2) is 8.22. The van der Waals surface area contributed by atoms with Crippen LogP contribution < -0.4 is 9.47 Å². The van der Waals surface area contributed by atoms with E-state index in [4.69, 9.17) is 18.9 Å².